The second-order valence-electron chi connectivity index (χ2n) is 4.45. The highest BCUT2D eigenvalue weighted by atomic mass is 16.2. The van der Waals surface area contributed by atoms with E-state index < -0.39 is 11.9 Å². The summed E-state index contributed by atoms with van der Waals surface area (Å²) in [6, 6.07) is 4.15. The zero-order valence-corrected chi connectivity index (χ0v) is 9.93. The minimum absolute atomic E-state index is 0.254. The van der Waals surface area contributed by atoms with Gasteiger partial charge in [-0.1, -0.05) is 0 Å². The standard InChI is InChI=1S/C12H16N4O2/c13-8-4-7(5-9(14)6-8)12(18)16-3-1-2-10(16)11(15)17/h4-6,10H,1-3,13-14H2,(H2,15,17). The molecule has 0 saturated carbocycles. The molecule has 6 nitrogen and oxygen atoms in total. The highest BCUT2D eigenvalue weighted by molar-refractivity contribution is 5.99. The molecule has 0 radical (unpaired) electrons. The topological polar surface area (TPSA) is 115 Å². The van der Waals surface area contributed by atoms with Crippen molar-refractivity contribution in [3.63, 3.8) is 0 Å². The predicted molar refractivity (Wildman–Crippen MR) is 68.5 cm³/mol. The number of carbonyl (C=O) groups excluding carboxylic acids is 2. The van der Waals surface area contributed by atoms with Gasteiger partial charge < -0.3 is 22.1 Å². The number of amides is 2. The Morgan fingerprint density at radius 3 is 2.33 bits per heavy atom. The van der Waals surface area contributed by atoms with Gasteiger partial charge in [0, 0.05) is 23.5 Å². The number of nitrogen functional groups attached to an aromatic ring is 2. The zero-order chi connectivity index (χ0) is 13.3. The number of primary amides is 1. The fourth-order valence-corrected chi connectivity index (χ4v) is 2.27. The van der Waals surface area contributed by atoms with E-state index in [1.165, 1.54) is 4.90 Å². The second kappa shape index (κ2) is 4.56. The molecule has 2 rings (SSSR count). The van der Waals surface area contributed by atoms with Gasteiger partial charge in [-0.3, -0.25) is 9.59 Å². The Balaban J connectivity index is 2.28. The van der Waals surface area contributed by atoms with Crippen LogP contribution in [-0.2, 0) is 4.79 Å². The maximum Gasteiger partial charge on any atom is 0.254 e. The third-order valence-electron chi connectivity index (χ3n) is 3.07. The van der Waals surface area contributed by atoms with Crippen molar-refractivity contribution in [1.29, 1.82) is 0 Å². The molecule has 0 bridgehead atoms. The Bertz CT molecular complexity index is 481. The summed E-state index contributed by atoms with van der Waals surface area (Å²) in [5.41, 5.74) is 17.8. The van der Waals surface area contributed by atoms with Crippen LogP contribution in [0, 0.1) is 0 Å². The lowest BCUT2D eigenvalue weighted by molar-refractivity contribution is -0.121. The third-order valence-corrected chi connectivity index (χ3v) is 3.07. The van der Waals surface area contributed by atoms with Crippen LogP contribution >= 0.6 is 0 Å². The molecule has 96 valence electrons. The molecule has 2 amide bonds. The van der Waals surface area contributed by atoms with E-state index in [9.17, 15) is 9.59 Å². The molecule has 18 heavy (non-hydrogen) atoms. The van der Waals surface area contributed by atoms with Gasteiger partial charge in [-0.15, -0.1) is 0 Å². The monoisotopic (exact) mass is 248 g/mol. The number of rotatable bonds is 2. The van der Waals surface area contributed by atoms with Gasteiger partial charge in [-0.2, -0.15) is 0 Å². The van der Waals surface area contributed by atoms with Crippen LogP contribution in [0.5, 0.6) is 0 Å². The summed E-state index contributed by atoms with van der Waals surface area (Å²) in [7, 11) is 0. The Morgan fingerprint density at radius 1 is 1.17 bits per heavy atom. The lowest BCUT2D eigenvalue weighted by atomic mass is 10.1. The van der Waals surface area contributed by atoms with Crippen LogP contribution in [0.15, 0.2) is 18.2 Å². The minimum Gasteiger partial charge on any atom is -0.399 e. The van der Waals surface area contributed by atoms with E-state index in [1.807, 2.05) is 0 Å². The van der Waals surface area contributed by atoms with Gasteiger partial charge in [-0.05, 0) is 31.0 Å². The fourth-order valence-electron chi connectivity index (χ4n) is 2.27. The van der Waals surface area contributed by atoms with Crippen LogP contribution in [0.3, 0.4) is 0 Å². The second-order valence-corrected chi connectivity index (χ2v) is 4.45. The highest BCUT2D eigenvalue weighted by Crippen LogP contribution is 2.22. The van der Waals surface area contributed by atoms with Crippen molar-refractivity contribution in [2.75, 3.05) is 18.0 Å². The van der Waals surface area contributed by atoms with Crippen LogP contribution in [0.25, 0.3) is 0 Å². The first kappa shape index (κ1) is 12.2. The first-order chi connectivity index (χ1) is 8.49. The molecule has 1 aromatic carbocycles. The van der Waals surface area contributed by atoms with E-state index in [-0.39, 0.29) is 5.91 Å². The molecule has 1 heterocycles. The number of hydrogen-bond acceptors (Lipinski definition) is 4. The van der Waals surface area contributed by atoms with Crippen LogP contribution in [0.1, 0.15) is 23.2 Å². The molecule has 0 aromatic heterocycles. The van der Waals surface area contributed by atoms with Crippen molar-refractivity contribution in [3.8, 4) is 0 Å². The number of benzene rings is 1. The maximum absolute atomic E-state index is 12.3. The first-order valence-electron chi connectivity index (χ1n) is 5.75. The van der Waals surface area contributed by atoms with E-state index in [0.29, 0.717) is 29.9 Å². The number of likely N-dealkylation sites (tertiary alicyclic amines) is 1. The van der Waals surface area contributed by atoms with Gasteiger partial charge in [0.25, 0.3) is 5.91 Å². The van der Waals surface area contributed by atoms with Crippen molar-refractivity contribution >= 4 is 23.2 Å². The molecule has 1 aliphatic heterocycles. The molecule has 1 aromatic rings. The van der Waals surface area contributed by atoms with Crippen LogP contribution in [0.4, 0.5) is 11.4 Å². The molecule has 1 fully saturated rings. The fraction of sp³-hybridized carbons (Fsp3) is 0.333. The number of carbonyl (C=O) groups is 2. The quantitative estimate of drug-likeness (QED) is 0.636. The Morgan fingerprint density at radius 2 is 1.78 bits per heavy atom. The van der Waals surface area contributed by atoms with Crippen molar-refractivity contribution in [3.05, 3.63) is 23.8 Å². The maximum atomic E-state index is 12.3. The largest absolute Gasteiger partial charge is 0.399 e. The molecule has 1 aliphatic rings. The van der Waals surface area contributed by atoms with Gasteiger partial charge in [0.05, 0.1) is 0 Å². The summed E-state index contributed by atoms with van der Waals surface area (Å²) in [6.45, 7) is 0.529. The van der Waals surface area contributed by atoms with Crippen LogP contribution < -0.4 is 17.2 Å². The van der Waals surface area contributed by atoms with Gasteiger partial charge in [-0.25, -0.2) is 0 Å². The van der Waals surface area contributed by atoms with E-state index in [1.54, 1.807) is 18.2 Å². The van der Waals surface area contributed by atoms with Crippen LogP contribution in [0.2, 0.25) is 0 Å². The molecule has 0 aliphatic carbocycles. The summed E-state index contributed by atoms with van der Waals surface area (Å²) in [5.74, 6) is -0.729. The van der Waals surface area contributed by atoms with Gasteiger partial charge in [0.1, 0.15) is 6.04 Å². The van der Waals surface area contributed by atoms with Crippen molar-refractivity contribution < 1.29 is 9.59 Å². The number of hydrogen-bond donors (Lipinski definition) is 3. The summed E-state index contributed by atoms with van der Waals surface area (Å²) in [6.07, 6.45) is 1.38. The molecule has 1 unspecified atom stereocenters. The molecule has 6 N–H and O–H groups in total. The van der Waals surface area contributed by atoms with Crippen molar-refractivity contribution in [2.45, 2.75) is 18.9 Å². The van der Waals surface area contributed by atoms with E-state index in [0.717, 1.165) is 6.42 Å². The lowest BCUT2D eigenvalue weighted by Gasteiger charge is -2.22. The number of anilines is 2. The Hall–Kier alpha value is -2.24. The van der Waals surface area contributed by atoms with E-state index in [4.69, 9.17) is 17.2 Å². The average Bonchev–Trinajstić information content (AvgIpc) is 2.75. The summed E-state index contributed by atoms with van der Waals surface area (Å²) in [5, 5.41) is 0. The summed E-state index contributed by atoms with van der Waals surface area (Å²) >= 11 is 0. The molecule has 1 saturated heterocycles. The number of nitrogens with zero attached hydrogens (tertiary/aromatic N) is 1. The summed E-state index contributed by atoms with van der Waals surface area (Å²) < 4.78 is 0. The van der Waals surface area contributed by atoms with Crippen molar-refractivity contribution in [2.24, 2.45) is 5.73 Å². The first-order valence-corrected chi connectivity index (χ1v) is 5.75. The smallest absolute Gasteiger partial charge is 0.254 e. The molecule has 1 atom stereocenters. The summed E-state index contributed by atoms with van der Waals surface area (Å²) in [4.78, 5) is 25.0. The van der Waals surface area contributed by atoms with Gasteiger partial charge in [0.15, 0.2) is 0 Å². The third kappa shape index (κ3) is 2.22. The van der Waals surface area contributed by atoms with Gasteiger partial charge in [0.2, 0.25) is 5.91 Å². The number of nitrogens with two attached hydrogens (primary N) is 3. The minimum atomic E-state index is -0.528. The van der Waals surface area contributed by atoms with Crippen molar-refractivity contribution in [1.82, 2.24) is 4.90 Å². The average molecular weight is 248 g/mol. The predicted octanol–water partition coefficient (Wildman–Crippen LogP) is -0.0591. The molecular formula is C12H16N4O2. The molecular weight excluding hydrogens is 232 g/mol. The van der Waals surface area contributed by atoms with E-state index >= 15 is 0 Å². The SMILES string of the molecule is NC(=O)C1CCCN1C(=O)c1cc(N)cc(N)c1. The Labute approximate surface area is 105 Å². The van der Waals surface area contributed by atoms with E-state index in [2.05, 4.69) is 0 Å². The van der Waals surface area contributed by atoms with Gasteiger partial charge >= 0.3 is 0 Å². The molecule has 6 heteroatoms. The Kier molecular flexibility index (Phi) is 3.10. The van der Waals surface area contributed by atoms with Crippen LogP contribution in [-0.4, -0.2) is 29.3 Å². The zero-order valence-electron chi connectivity index (χ0n) is 9.93. The normalized spacial score (nSPS) is 18.9. The molecule has 0 spiro atoms. The highest BCUT2D eigenvalue weighted by Gasteiger charge is 2.33. The lowest BCUT2D eigenvalue weighted by Crippen LogP contribution is -2.43.